The molecule has 2 unspecified atom stereocenters. The average molecular weight is 339 g/mol. The Labute approximate surface area is 144 Å². The molecule has 0 radical (unpaired) electrons. The lowest BCUT2D eigenvalue weighted by Gasteiger charge is -2.33. The van der Waals surface area contributed by atoms with E-state index in [9.17, 15) is 9.90 Å². The standard InChI is InChI=1S/C18H21N5O2/c1-12-7-8-22(10-15(12)24)11-16-20-17-14(18(25)21-16)9-19-23(17)13-5-3-2-4-6-13/h2-6,9,12,15,24H,7-8,10-11H2,1H3,(H,20,21,25). The SMILES string of the molecule is CC1CCN(Cc2nc3c(cnn3-c3ccccc3)c(=O)[nH]2)CC1O. The number of likely N-dealkylation sites (tertiary alicyclic amines) is 1. The van der Waals surface area contributed by atoms with Gasteiger partial charge in [0.15, 0.2) is 5.65 Å². The van der Waals surface area contributed by atoms with Gasteiger partial charge in [0.2, 0.25) is 0 Å². The first kappa shape index (κ1) is 16.0. The van der Waals surface area contributed by atoms with Gasteiger partial charge in [-0.25, -0.2) is 9.67 Å². The molecule has 2 aromatic heterocycles. The van der Waals surface area contributed by atoms with Gasteiger partial charge in [0.1, 0.15) is 11.2 Å². The molecule has 7 nitrogen and oxygen atoms in total. The summed E-state index contributed by atoms with van der Waals surface area (Å²) in [7, 11) is 0. The maximum atomic E-state index is 12.4. The number of hydrogen-bond acceptors (Lipinski definition) is 5. The molecule has 0 aliphatic carbocycles. The van der Waals surface area contributed by atoms with Crippen molar-refractivity contribution in [2.45, 2.75) is 26.0 Å². The Bertz CT molecular complexity index is 934. The number of aromatic amines is 1. The Morgan fingerprint density at radius 1 is 1.32 bits per heavy atom. The van der Waals surface area contributed by atoms with Crippen LogP contribution in [0.1, 0.15) is 19.2 Å². The Morgan fingerprint density at radius 2 is 2.12 bits per heavy atom. The molecule has 25 heavy (non-hydrogen) atoms. The van der Waals surface area contributed by atoms with Crippen molar-refractivity contribution in [2.24, 2.45) is 5.92 Å². The lowest BCUT2D eigenvalue weighted by molar-refractivity contribution is 0.0249. The van der Waals surface area contributed by atoms with Crippen molar-refractivity contribution >= 4 is 11.0 Å². The third-order valence-electron chi connectivity index (χ3n) is 4.86. The predicted molar refractivity (Wildman–Crippen MR) is 94.6 cm³/mol. The highest BCUT2D eigenvalue weighted by atomic mass is 16.3. The molecule has 7 heteroatoms. The second kappa shape index (κ2) is 6.42. The summed E-state index contributed by atoms with van der Waals surface area (Å²) in [6, 6.07) is 9.64. The Balaban J connectivity index is 1.68. The van der Waals surface area contributed by atoms with Crippen LogP contribution in [0.25, 0.3) is 16.7 Å². The van der Waals surface area contributed by atoms with Gasteiger partial charge in [0.05, 0.1) is 24.5 Å². The monoisotopic (exact) mass is 339 g/mol. The molecular formula is C18H21N5O2. The summed E-state index contributed by atoms with van der Waals surface area (Å²) in [5.41, 5.74) is 1.23. The Kier molecular flexibility index (Phi) is 4.10. The molecule has 3 heterocycles. The second-order valence-corrected chi connectivity index (χ2v) is 6.71. The van der Waals surface area contributed by atoms with Crippen molar-refractivity contribution in [3.05, 3.63) is 52.7 Å². The van der Waals surface area contributed by atoms with Crippen LogP contribution in [0.15, 0.2) is 41.3 Å². The largest absolute Gasteiger partial charge is 0.392 e. The van der Waals surface area contributed by atoms with E-state index < -0.39 is 0 Å². The maximum absolute atomic E-state index is 12.4. The number of benzene rings is 1. The van der Waals surface area contributed by atoms with Crippen molar-refractivity contribution in [3.8, 4) is 5.69 Å². The van der Waals surface area contributed by atoms with E-state index in [0.717, 1.165) is 18.7 Å². The van der Waals surface area contributed by atoms with Gasteiger partial charge in [-0.2, -0.15) is 5.10 Å². The molecule has 130 valence electrons. The van der Waals surface area contributed by atoms with Crippen LogP contribution in [0.2, 0.25) is 0 Å². The van der Waals surface area contributed by atoms with Crippen LogP contribution in [-0.2, 0) is 6.54 Å². The predicted octanol–water partition coefficient (Wildman–Crippen LogP) is 1.31. The zero-order valence-corrected chi connectivity index (χ0v) is 14.1. The van der Waals surface area contributed by atoms with E-state index in [1.165, 1.54) is 0 Å². The summed E-state index contributed by atoms with van der Waals surface area (Å²) in [4.78, 5) is 22.0. The third kappa shape index (κ3) is 3.08. The van der Waals surface area contributed by atoms with Crippen molar-refractivity contribution in [2.75, 3.05) is 13.1 Å². The summed E-state index contributed by atoms with van der Waals surface area (Å²) >= 11 is 0. The van der Waals surface area contributed by atoms with Gasteiger partial charge >= 0.3 is 0 Å². The number of aliphatic hydroxyl groups is 1. The number of nitrogens with zero attached hydrogens (tertiary/aromatic N) is 4. The topological polar surface area (TPSA) is 87.0 Å². The molecule has 1 aliphatic rings. The maximum Gasteiger partial charge on any atom is 0.262 e. The number of fused-ring (bicyclic) bond motifs is 1. The quantitative estimate of drug-likeness (QED) is 0.751. The minimum absolute atomic E-state index is 0.187. The van der Waals surface area contributed by atoms with E-state index in [1.54, 1.807) is 10.9 Å². The van der Waals surface area contributed by atoms with Gasteiger partial charge in [-0.05, 0) is 31.0 Å². The summed E-state index contributed by atoms with van der Waals surface area (Å²) in [5.74, 6) is 0.905. The number of rotatable bonds is 3. The lowest BCUT2D eigenvalue weighted by atomic mass is 9.96. The molecule has 1 fully saturated rings. The van der Waals surface area contributed by atoms with Gasteiger partial charge < -0.3 is 10.1 Å². The fraction of sp³-hybridized carbons (Fsp3) is 0.389. The number of para-hydroxylation sites is 1. The normalized spacial score (nSPS) is 21.7. The molecule has 3 aromatic rings. The highest BCUT2D eigenvalue weighted by Crippen LogP contribution is 2.19. The number of hydrogen-bond donors (Lipinski definition) is 2. The first-order valence-corrected chi connectivity index (χ1v) is 8.54. The van der Waals surface area contributed by atoms with Crippen LogP contribution >= 0.6 is 0 Å². The molecule has 0 saturated carbocycles. The fourth-order valence-electron chi connectivity index (χ4n) is 3.27. The molecule has 2 atom stereocenters. The van der Waals surface area contributed by atoms with E-state index in [4.69, 9.17) is 0 Å². The molecule has 4 rings (SSSR count). The van der Waals surface area contributed by atoms with E-state index in [0.29, 0.717) is 35.9 Å². The number of aromatic nitrogens is 4. The van der Waals surface area contributed by atoms with Crippen LogP contribution in [0.3, 0.4) is 0 Å². The Hall–Kier alpha value is -2.51. The highest BCUT2D eigenvalue weighted by molar-refractivity contribution is 5.75. The van der Waals surface area contributed by atoms with Crippen LogP contribution in [0.5, 0.6) is 0 Å². The summed E-state index contributed by atoms with van der Waals surface area (Å²) in [5, 5.41) is 14.9. The molecule has 0 bridgehead atoms. The number of aliphatic hydroxyl groups excluding tert-OH is 1. The molecule has 2 N–H and O–H groups in total. The van der Waals surface area contributed by atoms with Gasteiger partial charge in [0, 0.05) is 6.54 Å². The van der Waals surface area contributed by atoms with Gasteiger partial charge in [-0.15, -0.1) is 0 Å². The highest BCUT2D eigenvalue weighted by Gasteiger charge is 2.25. The van der Waals surface area contributed by atoms with E-state index in [-0.39, 0.29) is 11.7 Å². The zero-order chi connectivity index (χ0) is 17.4. The third-order valence-corrected chi connectivity index (χ3v) is 4.86. The molecule has 1 aromatic carbocycles. The van der Waals surface area contributed by atoms with Gasteiger partial charge in [0.25, 0.3) is 5.56 Å². The summed E-state index contributed by atoms with van der Waals surface area (Å²) < 4.78 is 1.68. The number of nitrogens with one attached hydrogen (secondary N) is 1. The zero-order valence-electron chi connectivity index (χ0n) is 14.1. The van der Waals surface area contributed by atoms with Gasteiger partial charge in [-0.1, -0.05) is 25.1 Å². The first-order valence-electron chi connectivity index (χ1n) is 8.54. The van der Waals surface area contributed by atoms with E-state index in [2.05, 4.69) is 26.9 Å². The van der Waals surface area contributed by atoms with Crippen molar-refractivity contribution in [1.82, 2.24) is 24.6 Å². The summed E-state index contributed by atoms with van der Waals surface area (Å²) in [6.45, 7) is 4.06. The minimum atomic E-state index is -0.334. The van der Waals surface area contributed by atoms with E-state index >= 15 is 0 Å². The Morgan fingerprint density at radius 3 is 2.88 bits per heavy atom. The molecule has 1 saturated heterocycles. The number of piperidine rings is 1. The first-order chi connectivity index (χ1) is 12.1. The van der Waals surface area contributed by atoms with Crippen LogP contribution in [0.4, 0.5) is 0 Å². The summed E-state index contributed by atoms with van der Waals surface area (Å²) in [6.07, 6.45) is 2.15. The van der Waals surface area contributed by atoms with Crippen LogP contribution in [-0.4, -0.2) is 48.9 Å². The molecular weight excluding hydrogens is 318 g/mol. The lowest BCUT2D eigenvalue weighted by Crippen LogP contribution is -2.42. The molecule has 1 aliphatic heterocycles. The van der Waals surface area contributed by atoms with E-state index in [1.807, 2.05) is 30.3 Å². The van der Waals surface area contributed by atoms with Crippen LogP contribution in [0, 0.1) is 5.92 Å². The van der Waals surface area contributed by atoms with Crippen LogP contribution < -0.4 is 5.56 Å². The van der Waals surface area contributed by atoms with Crippen molar-refractivity contribution < 1.29 is 5.11 Å². The molecule has 0 spiro atoms. The average Bonchev–Trinajstić information content (AvgIpc) is 3.03. The second-order valence-electron chi connectivity index (χ2n) is 6.71. The smallest absolute Gasteiger partial charge is 0.262 e. The van der Waals surface area contributed by atoms with Crippen molar-refractivity contribution in [3.63, 3.8) is 0 Å². The number of H-pyrrole nitrogens is 1. The van der Waals surface area contributed by atoms with Gasteiger partial charge in [-0.3, -0.25) is 9.69 Å². The fourth-order valence-corrected chi connectivity index (χ4v) is 3.27. The van der Waals surface area contributed by atoms with Crippen molar-refractivity contribution in [1.29, 1.82) is 0 Å². The number of β-amino-alcohol motifs (C(OH)–C–C–N with tert-alkyl or cyclic N) is 1. The molecule has 0 amide bonds. The minimum Gasteiger partial charge on any atom is -0.392 e.